The zero-order valence-corrected chi connectivity index (χ0v) is 14.1. The Kier molecular flexibility index (Phi) is 6.83. The molecule has 0 radical (unpaired) electrons. The van der Waals surface area contributed by atoms with E-state index in [4.69, 9.17) is 9.84 Å². The predicted molar refractivity (Wildman–Crippen MR) is 94.9 cm³/mol. The van der Waals surface area contributed by atoms with Crippen LogP contribution in [0.15, 0.2) is 48.5 Å². The Balaban J connectivity index is 1.61. The molecule has 0 saturated carbocycles. The summed E-state index contributed by atoms with van der Waals surface area (Å²) >= 11 is 0. The number of urea groups is 1. The number of para-hydroxylation sites is 1. The Morgan fingerprint density at radius 1 is 1.04 bits per heavy atom. The molecule has 0 saturated heterocycles. The van der Waals surface area contributed by atoms with Crippen LogP contribution >= 0.6 is 0 Å². The lowest BCUT2D eigenvalue weighted by molar-refractivity contribution is 0.0697. The Morgan fingerprint density at radius 3 is 2.44 bits per heavy atom. The second kappa shape index (κ2) is 9.32. The molecule has 132 valence electrons. The minimum atomic E-state index is -0.967. The summed E-state index contributed by atoms with van der Waals surface area (Å²) in [5, 5.41) is 14.3. The highest BCUT2D eigenvalue weighted by Gasteiger charge is 2.03. The number of rotatable bonds is 8. The molecule has 2 aromatic rings. The van der Waals surface area contributed by atoms with E-state index in [1.165, 1.54) is 12.1 Å². The topological polar surface area (TPSA) is 87.7 Å². The minimum absolute atomic E-state index is 0.224. The molecule has 0 spiro atoms. The fourth-order valence-corrected chi connectivity index (χ4v) is 2.18. The summed E-state index contributed by atoms with van der Waals surface area (Å²) in [6.07, 6.45) is 0.703. The molecule has 2 rings (SSSR count). The number of carbonyl (C=O) groups is 2. The van der Waals surface area contributed by atoms with E-state index < -0.39 is 5.97 Å². The van der Waals surface area contributed by atoms with Crippen molar-refractivity contribution in [1.29, 1.82) is 0 Å². The van der Waals surface area contributed by atoms with Crippen LogP contribution in [0.1, 0.15) is 27.9 Å². The van der Waals surface area contributed by atoms with Gasteiger partial charge in [-0.2, -0.15) is 0 Å². The number of carbonyl (C=O) groups excluding carboxylic acids is 1. The summed E-state index contributed by atoms with van der Waals surface area (Å²) in [4.78, 5) is 22.5. The summed E-state index contributed by atoms with van der Waals surface area (Å²) < 4.78 is 5.66. The zero-order valence-electron chi connectivity index (χ0n) is 14.1. The number of hydrogen-bond donors (Lipinski definition) is 3. The Morgan fingerprint density at radius 2 is 1.76 bits per heavy atom. The van der Waals surface area contributed by atoms with Gasteiger partial charge in [0.1, 0.15) is 5.75 Å². The zero-order chi connectivity index (χ0) is 18.1. The van der Waals surface area contributed by atoms with Gasteiger partial charge in [-0.1, -0.05) is 30.3 Å². The van der Waals surface area contributed by atoms with Crippen molar-refractivity contribution in [2.75, 3.05) is 13.2 Å². The Labute approximate surface area is 146 Å². The van der Waals surface area contributed by atoms with E-state index in [1.807, 2.05) is 31.2 Å². The first-order valence-corrected chi connectivity index (χ1v) is 8.08. The number of benzene rings is 2. The third kappa shape index (κ3) is 6.18. The van der Waals surface area contributed by atoms with E-state index in [0.717, 1.165) is 16.9 Å². The second-order valence-corrected chi connectivity index (χ2v) is 5.58. The van der Waals surface area contributed by atoms with Crippen molar-refractivity contribution in [1.82, 2.24) is 10.6 Å². The van der Waals surface area contributed by atoms with Crippen LogP contribution in [0.2, 0.25) is 0 Å². The number of aryl methyl sites for hydroxylation is 1. The monoisotopic (exact) mass is 342 g/mol. The molecule has 0 aliphatic heterocycles. The summed E-state index contributed by atoms with van der Waals surface area (Å²) in [7, 11) is 0. The van der Waals surface area contributed by atoms with E-state index in [2.05, 4.69) is 10.6 Å². The molecule has 0 aromatic heterocycles. The van der Waals surface area contributed by atoms with Gasteiger partial charge in [-0.05, 0) is 42.7 Å². The second-order valence-electron chi connectivity index (χ2n) is 5.58. The van der Waals surface area contributed by atoms with Gasteiger partial charge in [0, 0.05) is 13.1 Å². The number of amides is 2. The van der Waals surface area contributed by atoms with Gasteiger partial charge in [0.2, 0.25) is 0 Å². The van der Waals surface area contributed by atoms with Gasteiger partial charge in [0.25, 0.3) is 0 Å². The molecule has 0 aliphatic rings. The van der Waals surface area contributed by atoms with Crippen molar-refractivity contribution >= 4 is 12.0 Å². The van der Waals surface area contributed by atoms with Crippen LogP contribution in [-0.2, 0) is 6.54 Å². The molecule has 3 N–H and O–H groups in total. The van der Waals surface area contributed by atoms with E-state index in [1.54, 1.807) is 12.1 Å². The highest BCUT2D eigenvalue weighted by atomic mass is 16.5. The van der Waals surface area contributed by atoms with Crippen LogP contribution in [0.25, 0.3) is 0 Å². The van der Waals surface area contributed by atoms with Crippen molar-refractivity contribution in [3.8, 4) is 5.75 Å². The standard InChI is InChI=1S/C19H22N2O4/c1-14-5-2-3-6-17(14)25-12-4-11-20-19(24)21-13-15-7-9-16(10-8-15)18(22)23/h2-3,5-10H,4,11-13H2,1H3,(H,22,23)(H2,20,21,24). The van der Waals surface area contributed by atoms with Crippen molar-refractivity contribution < 1.29 is 19.4 Å². The van der Waals surface area contributed by atoms with Gasteiger partial charge in [-0.15, -0.1) is 0 Å². The number of aromatic carboxylic acids is 1. The van der Waals surface area contributed by atoms with Crippen molar-refractivity contribution in [3.05, 3.63) is 65.2 Å². The quantitative estimate of drug-likeness (QED) is 0.644. The fraction of sp³-hybridized carbons (Fsp3) is 0.263. The van der Waals surface area contributed by atoms with Crippen molar-refractivity contribution in [2.24, 2.45) is 0 Å². The first kappa shape index (κ1) is 18.3. The largest absolute Gasteiger partial charge is 0.493 e. The first-order valence-electron chi connectivity index (χ1n) is 8.08. The van der Waals surface area contributed by atoms with Crippen LogP contribution in [0.4, 0.5) is 4.79 Å². The molecular formula is C19H22N2O4. The molecule has 0 atom stereocenters. The number of nitrogens with one attached hydrogen (secondary N) is 2. The first-order chi connectivity index (χ1) is 12.1. The normalized spacial score (nSPS) is 10.1. The van der Waals surface area contributed by atoms with Gasteiger partial charge < -0.3 is 20.5 Å². The number of hydrogen-bond acceptors (Lipinski definition) is 3. The number of carboxylic acid groups (broad SMARTS) is 1. The molecule has 0 fully saturated rings. The smallest absolute Gasteiger partial charge is 0.335 e. The summed E-state index contributed by atoms with van der Waals surface area (Å²) in [6.45, 7) is 3.37. The maximum absolute atomic E-state index is 11.7. The summed E-state index contributed by atoms with van der Waals surface area (Å²) in [6, 6.07) is 13.9. The number of carboxylic acids is 1. The molecule has 2 aromatic carbocycles. The molecule has 0 unspecified atom stereocenters. The third-order valence-corrected chi connectivity index (χ3v) is 3.61. The predicted octanol–water partition coefficient (Wildman–Crippen LogP) is 2.96. The van der Waals surface area contributed by atoms with E-state index in [-0.39, 0.29) is 11.6 Å². The van der Waals surface area contributed by atoms with Gasteiger partial charge in [-0.25, -0.2) is 9.59 Å². The van der Waals surface area contributed by atoms with Crippen LogP contribution in [0, 0.1) is 6.92 Å². The Bertz CT molecular complexity index is 714. The van der Waals surface area contributed by atoms with E-state index in [9.17, 15) is 9.59 Å². The van der Waals surface area contributed by atoms with Crippen LogP contribution in [0.5, 0.6) is 5.75 Å². The lowest BCUT2D eigenvalue weighted by Gasteiger charge is -2.10. The lowest BCUT2D eigenvalue weighted by Crippen LogP contribution is -2.36. The van der Waals surface area contributed by atoms with Crippen LogP contribution in [-0.4, -0.2) is 30.3 Å². The molecule has 6 nitrogen and oxygen atoms in total. The molecule has 2 amide bonds. The third-order valence-electron chi connectivity index (χ3n) is 3.61. The van der Waals surface area contributed by atoms with Crippen molar-refractivity contribution in [2.45, 2.75) is 19.9 Å². The maximum Gasteiger partial charge on any atom is 0.335 e. The molecule has 0 bridgehead atoms. The minimum Gasteiger partial charge on any atom is -0.493 e. The molecule has 0 heterocycles. The maximum atomic E-state index is 11.7. The highest BCUT2D eigenvalue weighted by molar-refractivity contribution is 5.87. The highest BCUT2D eigenvalue weighted by Crippen LogP contribution is 2.15. The molecule has 6 heteroatoms. The van der Waals surface area contributed by atoms with E-state index >= 15 is 0 Å². The van der Waals surface area contributed by atoms with Gasteiger partial charge in [0.05, 0.1) is 12.2 Å². The number of ether oxygens (including phenoxy) is 1. The van der Waals surface area contributed by atoms with Gasteiger partial charge in [0.15, 0.2) is 0 Å². The average Bonchev–Trinajstić information content (AvgIpc) is 2.61. The average molecular weight is 342 g/mol. The molecule has 0 aliphatic carbocycles. The fourth-order valence-electron chi connectivity index (χ4n) is 2.18. The lowest BCUT2D eigenvalue weighted by atomic mass is 10.1. The van der Waals surface area contributed by atoms with Gasteiger partial charge in [-0.3, -0.25) is 0 Å². The Hall–Kier alpha value is -3.02. The summed E-state index contributed by atoms with van der Waals surface area (Å²) in [5.41, 5.74) is 2.15. The molecule has 25 heavy (non-hydrogen) atoms. The SMILES string of the molecule is Cc1ccccc1OCCCNC(=O)NCc1ccc(C(=O)O)cc1. The van der Waals surface area contributed by atoms with Crippen LogP contribution in [0.3, 0.4) is 0 Å². The van der Waals surface area contributed by atoms with Crippen molar-refractivity contribution in [3.63, 3.8) is 0 Å². The summed E-state index contributed by atoms with van der Waals surface area (Å²) in [5.74, 6) is -0.109. The van der Waals surface area contributed by atoms with Gasteiger partial charge >= 0.3 is 12.0 Å². The van der Waals surface area contributed by atoms with Crippen LogP contribution < -0.4 is 15.4 Å². The molecular weight excluding hydrogens is 320 g/mol. The van der Waals surface area contributed by atoms with E-state index in [0.29, 0.717) is 26.1 Å².